The lowest BCUT2D eigenvalue weighted by Crippen LogP contribution is -2.43. The Labute approximate surface area is 114 Å². The largest absolute Gasteiger partial charge is 0.316 e. The summed E-state index contributed by atoms with van der Waals surface area (Å²) in [6.45, 7) is 3.72. The number of anilines is 1. The Morgan fingerprint density at radius 3 is 2.63 bits per heavy atom. The molecule has 1 aliphatic heterocycles. The van der Waals surface area contributed by atoms with E-state index in [1.54, 1.807) is 24.1 Å². The van der Waals surface area contributed by atoms with Crippen molar-refractivity contribution >= 4 is 11.6 Å². The van der Waals surface area contributed by atoms with E-state index in [1.807, 2.05) is 12.1 Å². The van der Waals surface area contributed by atoms with Gasteiger partial charge in [-0.3, -0.25) is 4.79 Å². The van der Waals surface area contributed by atoms with Crippen molar-refractivity contribution in [1.29, 1.82) is 5.26 Å². The first-order valence-electron chi connectivity index (χ1n) is 6.62. The van der Waals surface area contributed by atoms with Crippen molar-refractivity contribution in [3.63, 3.8) is 0 Å². The number of rotatable bonds is 3. The number of hydrogen-bond donors (Lipinski definition) is 1. The molecule has 4 nitrogen and oxygen atoms in total. The SMILES string of the molecule is CCC1(C(=O)N(C)c2ccc(C#N)cc2)CCNC1. The Balaban J connectivity index is 2.20. The monoisotopic (exact) mass is 257 g/mol. The average molecular weight is 257 g/mol. The zero-order chi connectivity index (χ0) is 13.9. The lowest BCUT2D eigenvalue weighted by atomic mass is 9.82. The van der Waals surface area contributed by atoms with E-state index in [0.717, 1.165) is 31.6 Å². The van der Waals surface area contributed by atoms with Crippen LogP contribution in [0.3, 0.4) is 0 Å². The van der Waals surface area contributed by atoms with E-state index in [4.69, 9.17) is 5.26 Å². The molecule has 0 radical (unpaired) electrons. The van der Waals surface area contributed by atoms with Crippen molar-refractivity contribution in [2.75, 3.05) is 25.0 Å². The molecule has 1 N–H and O–H groups in total. The van der Waals surface area contributed by atoms with Crippen LogP contribution < -0.4 is 10.2 Å². The van der Waals surface area contributed by atoms with Crippen LogP contribution in [0.5, 0.6) is 0 Å². The molecule has 1 heterocycles. The number of nitriles is 1. The number of benzene rings is 1. The van der Waals surface area contributed by atoms with Crippen LogP contribution in [0, 0.1) is 16.7 Å². The van der Waals surface area contributed by atoms with E-state index < -0.39 is 0 Å². The second-order valence-electron chi connectivity index (χ2n) is 5.08. The van der Waals surface area contributed by atoms with Gasteiger partial charge in [-0.25, -0.2) is 0 Å². The highest BCUT2D eigenvalue weighted by molar-refractivity contribution is 5.97. The standard InChI is InChI=1S/C15H19N3O/c1-3-15(8-9-17-11-15)14(19)18(2)13-6-4-12(10-16)5-7-13/h4-7,17H,3,8-9,11H2,1-2H3. The van der Waals surface area contributed by atoms with E-state index in [1.165, 1.54) is 0 Å². The van der Waals surface area contributed by atoms with Gasteiger partial charge in [0.05, 0.1) is 17.0 Å². The molecule has 0 spiro atoms. The van der Waals surface area contributed by atoms with E-state index in [-0.39, 0.29) is 11.3 Å². The van der Waals surface area contributed by atoms with Crippen molar-refractivity contribution in [3.8, 4) is 6.07 Å². The number of carbonyl (C=O) groups is 1. The number of nitrogens with zero attached hydrogens (tertiary/aromatic N) is 2. The van der Waals surface area contributed by atoms with Gasteiger partial charge in [0.2, 0.25) is 5.91 Å². The first-order valence-corrected chi connectivity index (χ1v) is 6.62. The molecule has 19 heavy (non-hydrogen) atoms. The van der Waals surface area contributed by atoms with Crippen molar-refractivity contribution < 1.29 is 4.79 Å². The lowest BCUT2D eigenvalue weighted by Gasteiger charge is -2.30. The first kappa shape index (κ1) is 13.6. The minimum absolute atomic E-state index is 0.157. The van der Waals surface area contributed by atoms with Gasteiger partial charge in [-0.15, -0.1) is 0 Å². The zero-order valence-corrected chi connectivity index (χ0v) is 11.4. The molecule has 1 aromatic rings. The van der Waals surface area contributed by atoms with Gasteiger partial charge in [-0.1, -0.05) is 6.92 Å². The predicted octanol–water partition coefficient (Wildman–Crippen LogP) is 1.91. The van der Waals surface area contributed by atoms with Crippen molar-refractivity contribution in [2.45, 2.75) is 19.8 Å². The van der Waals surface area contributed by atoms with Gasteiger partial charge in [-0.2, -0.15) is 5.26 Å². The molecule has 4 heteroatoms. The van der Waals surface area contributed by atoms with Gasteiger partial charge in [0.25, 0.3) is 0 Å². The quantitative estimate of drug-likeness (QED) is 0.900. The Bertz CT molecular complexity index is 495. The molecule has 0 aliphatic carbocycles. The third-order valence-electron chi connectivity index (χ3n) is 4.06. The Morgan fingerprint density at radius 2 is 2.16 bits per heavy atom. The fraction of sp³-hybridized carbons (Fsp3) is 0.467. The van der Waals surface area contributed by atoms with E-state index in [9.17, 15) is 4.79 Å². The first-order chi connectivity index (χ1) is 9.13. The third-order valence-corrected chi connectivity index (χ3v) is 4.06. The molecule has 1 unspecified atom stereocenters. The van der Waals surface area contributed by atoms with Crippen LogP contribution in [0.4, 0.5) is 5.69 Å². The number of carbonyl (C=O) groups excluding carboxylic acids is 1. The highest BCUT2D eigenvalue weighted by Gasteiger charge is 2.41. The zero-order valence-electron chi connectivity index (χ0n) is 11.4. The maximum absolute atomic E-state index is 12.7. The van der Waals surface area contributed by atoms with Gasteiger partial charge in [0.1, 0.15) is 0 Å². The van der Waals surface area contributed by atoms with E-state index in [0.29, 0.717) is 5.56 Å². The Hall–Kier alpha value is -1.86. The number of nitrogens with one attached hydrogen (secondary N) is 1. The molecule has 0 aromatic heterocycles. The summed E-state index contributed by atoms with van der Waals surface area (Å²) in [5.41, 5.74) is 1.17. The van der Waals surface area contributed by atoms with Crippen molar-refractivity contribution in [1.82, 2.24) is 5.32 Å². The molecule has 2 rings (SSSR count). The van der Waals surface area contributed by atoms with Gasteiger partial charge in [0.15, 0.2) is 0 Å². The molecule has 1 saturated heterocycles. The fourth-order valence-corrected chi connectivity index (χ4v) is 2.61. The van der Waals surface area contributed by atoms with Crippen LogP contribution in [-0.2, 0) is 4.79 Å². The molecule has 100 valence electrons. The van der Waals surface area contributed by atoms with Crippen LogP contribution >= 0.6 is 0 Å². The summed E-state index contributed by atoms with van der Waals surface area (Å²) in [4.78, 5) is 14.4. The average Bonchev–Trinajstić information content (AvgIpc) is 2.96. The highest BCUT2D eigenvalue weighted by atomic mass is 16.2. The molecular formula is C15H19N3O. The van der Waals surface area contributed by atoms with Crippen molar-refractivity contribution in [2.24, 2.45) is 5.41 Å². The van der Waals surface area contributed by atoms with Crippen LogP contribution in [-0.4, -0.2) is 26.0 Å². The summed E-state index contributed by atoms with van der Waals surface area (Å²) >= 11 is 0. The van der Waals surface area contributed by atoms with Gasteiger partial charge < -0.3 is 10.2 Å². The fourth-order valence-electron chi connectivity index (χ4n) is 2.61. The Kier molecular flexibility index (Phi) is 3.87. The van der Waals surface area contributed by atoms with Crippen LogP contribution in [0.1, 0.15) is 25.3 Å². The molecule has 1 aromatic carbocycles. The maximum Gasteiger partial charge on any atom is 0.234 e. The molecule has 1 aliphatic rings. The lowest BCUT2D eigenvalue weighted by molar-refractivity contribution is -0.127. The number of amides is 1. The summed E-state index contributed by atoms with van der Waals surface area (Å²) in [5, 5.41) is 12.1. The van der Waals surface area contributed by atoms with Gasteiger partial charge in [-0.05, 0) is 43.7 Å². The summed E-state index contributed by atoms with van der Waals surface area (Å²) < 4.78 is 0. The molecular weight excluding hydrogens is 238 g/mol. The molecule has 1 amide bonds. The van der Waals surface area contributed by atoms with Crippen molar-refractivity contribution in [3.05, 3.63) is 29.8 Å². The topological polar surface area (TPSA) is 56.1 Å². The summed E-state index contributed by atoms with van der Waals surface area (Å²) in [7, 11) is 1.81. The van der Waals surface area contributed by atoms with Gasteiger partial charge in [0, 0.05) is 19.3 Å². The molecule has 1 atom stereocenters. The summed E-state index contributed by atoms with van der Waals surface area (Å²) in [5.74, 6) is 0.157. The third kappa shape index (κ3) is 2.47. The minimum atomic E-state index is -0.275. The second-order valence-corrected chi connectivity index (χ2v) is 5.08. The smallest absolute Gasteiger partial charge is 0.234 e. The second kappa shape index (κ2) is 5.41. The summed E-state index contributed by atoms with van der Waals surface area (Å²) in [6, 6.07) is 9.21. The molecule has 0 saturated carbocycles. The van der Waals surface area contributed by atoms with E-state index >= 15 is 0 Å². The Morgan fingerprint density at radius 1 is 1.47 bits per heavy atom. The molecule has 1 fully saturated rings. The van der Waals surface area contributed by atoms with Crippen LogP contribution in [0.25, 0.3) is 0 Å². The van der Waals surface area contributed by atoms with E-state index in [2.05, 4.69) is 18.3 Å². The maximum atomic E-state index is 12.7. The molecule has 0 bridgehead atoms. The minimum Gasteiger partial charge on any atom is -0.316 e. The van der Waals surface area contributed by atoms with Crippen LogP contribution in [0.2, 0.25) is 0 Å². The van der Waals surface area contributed by atoms with Gasteiger partial charge >= 0.3 is 0 Å². The predicted molar refractivity (Wildman–Crippen MR) is 74.8 cm³/mol. The highest BCUT2D eigenvalue weighted by Crippen LogP contribution is 2.33. The normalized spacial score (nSPS) is 21.9. The number of hydrogen-bond acceptors (Lipinski definition) is 3. The van der Waals surface area contributed by atoms with Crippen LogP contribution in [0.15, 0.2) is 24.3 Å². The summed E-state index contributed by atoms with van der Waals surface area (Å²) in [6.07, 6.45) is 1.74.